The lowest BCUT2D eigenvalue weighted by Crippen LogP contribution is -2.42. The minimum Gasteiger partial charge on any atom is -0.481 e. The smallest absolute Gasteiger partial charge is 0.481 e. The summed E-state index contributed by atoms with van der Waals surface area (Å²) < 4.78 is 16.5. The second-order valence-electron chi connectivity index (χ2n) is 12.4. The van der Waals surface area contributed by atoms with Crippen LogP contribution in [0.3, 0.4) is 0 Å². The monoisotopic (exact) mass is 601 g/mol. The van der Waals surface area contributed by atoms with Crippen LogP contribution in [0.15, 0.2) is 0 Å². The molecule has 0 radical (unpaired) electrons. The molecule has 0 bridgehead atoms. The summed E-state index contributed by atoms with van der Waals surface area (Å²) in [6.07, 6.45) is 39.7. The Hall–Kier alpha value is -0.433. The first-order valence-electron chi connectivity index (χ1n) is 18.0. The second kappa shape index (κ2) is 32.5. The molecule has 0 aliphatic heterocycles. The highest BCUT2D eigenvalue weighted by molar-refractivity contribution is 6.60. The van der Waals surface area contributed by atoms with Gasteiger partial charge in [-0.15, -0.1) is 0 Å². The number of carboxylic acid groups (broad SMARTS) is 1. The summed E-state index contributed by atoms with van der Waals surface area (Å²) >= 11 is 0. The lowest BCUT2D eigenvalue weighted by Gasteiger charge is -2.24. The van der Waals surface area contributed by atoms with Crippen LogP contribution in [0.25, 0.3) is 0 Å². The summed E-state index contributed by atoms with van der Waals surface area (Å²) in [5.74, 6) is -0.652. The van der Waals surface area contributed by atoms with E-state index in [0.717, 1.165) is 25.3 Å². The van der Waals surface area contributed by atoms with Gasteiger partial charge in [0.05, 0.1) is 0 Å². The zero-order chi connectivity index (χ0) is 30.1. The SMILES string of the molecule is CO[Si](CCCCCCCCCCCCCCCCCCCCCCCCCCCCCCCC(=O)O)(OC)OC. The van der Waals surface area contributed by atoms with E-state index in [4.69, 9.17) is 18.4 Å². The van der Waals surface area contributed by atoms with Gasteiger partial charge in [-0.3, -0.25) is 4.79 Å². The van der Waals surface area contributed by atoms with Gasteiger partial charge in [0.1, 0.15) is 0 Å². The maximum atomic E-state index is 10.5. The van der Waals surface area contributed by atoms with Crippen molar-refractivity contribution in [2.75, 3.05) is 21.3 Å². The number of hydrogen-bond donors (Lipinski definition) is 1. The van der Waals surface area contributed by atoms with Gasteiger partial charge < -0.3 is 18.4 Å². The fourth-order valence-electron chi connectivity index (χ4n) is 5.95. The second-order valence-corrected chi connectivity index (χ2v) is 15.5. The molecule has 0 saturated carbocycles. The van der Waals surface area contributed by atoms with Gasteiger partial charge >= 0.3 is 14.8 Å². The molecule has 246 valence electrons. The van der Waals surface area contributed by atoms with Crippen LogP contribution in [0.4, 0.5) is 0 Å². The van der Waals surface area contributed by atoms with Gasteiger partial charge in [0.2, 0.25) is 0 Å². The van der Waals surface area contributed by atoms with Crippen molar-refractivity contribution in [1.29, 1.82) is 0 Å². The van der Waals surface area contributed by atoms with Gasteiger partial charge in [-0.05, 0) is 12.8 Å². The number of hydrogen-bond acceptors (Lipinski definition) is 4. The molecule has 41 heavy (non-hydrogen) atoms. The molecule has 0 atom stereocenters. The Morgan fingerprint density at radius 3 is 0.780 bits per heavy atom. The van der Waals surface area contributed by atoms with E-state index in [1.54, 1.807) is 21.3 Å². The maximum absolute atomic E-state index is 10.5. The third-order valence-electron chi connectivity index (χ3n) is 8.81. The Labute approximate surface area is 257 Å². The molecule has 0 heterocycles. The lowest BCUT2D eigenvalue weighted by molar-refractivity contribution is -0.137. The summed E-state index contributed by atoms with van der Waals surface area (Å²) in [7, 11) is 2.76. The minimum atomic E-state index is -2.35. The third kappa shape index (κ3) is 29.4. The van der Waals surface area contributed by atoms with Gasteiger partial charge in [-0.25, -0.2) is 0 Å². The van der Waals surface area contributed by atoms with Crippen LogP contribution < -0.4 is 0 Å². The molecule has 1 N–H and O–H groups in total. The minimum absolute atomic E-state index is 0.341. The maximum Gasteiger partial charge on any atom is 0.500 e. The zero-order valence-corrected chi connectivity index (χ0v) is 29.0. The van der Waals surface area contributed by atoms with Crippen LogP contribution >= 0.6 is 0 Å². The van der Waals surface area contributed by atoms with Crippen molar-refractivity contribution in [3.63, 3.8) is 0 Å². The molecule has 0 aromatic rings. The first-order chi connectivity index (χ1) is 20.1. The van der Waals surface area contributed by atoms with Crippen molar-refractivity contribution in [3.8, 4) is 0 Å². The Balaban J connectivity index is 3.13. The first kappa shape index (κ1) is 40.6. The lowest BCUT2D eigenvalue weighted by atomic mass is 10.0. The fourth-order valence-corrected chi connectivity index (χ4v) is 7.74. The first-order valence-corrected chi connectivity index (χ1v) is 19.9. The number of rotatable bonds is 35. The Kier molecular flexibility index (Phi) is 32.1. The number of carboxylic acids is 1. The predicted octanol–water partition coefficient (Wildman–Crippen LogP) is 11.7. The molecular formula is C35H72O5Si. The van der Waals surface area contributed by atoms with E-state index < -0.39 is 14.8 Å². The van der Waals surface area contributed by atoms with Gasteiger partial charge in [-0.1, -0.05) is 173 Å². The molecule has 0 aliphatic carbocycles. The zero-order valence-electron chi connectivity index (χ0n) is 28.0. The van der Waals surface area contributed by atoms with Crippen LogP contribution in [-0.4, -0.2) is 41.2 Å². The molecule has 6 heteroatoms. The predicted molar refractivity (Wildman–Crippen MR) is 178 cm³/mol. The average molecular weight is 601 g/mol. The van der Waals surface area contributed by atoms with Crippen molar-refractivity contribution in [3.05, 3.63) is 0 Å². The van der Waals surface area contributed by atoms with E-state index >= 15 is 0 Å². The Morgan fingerprint density at radius 1 is 0.390 bits per heavy atom. The summed E-state index contributed by atoms with van der Waals surface area (Å²) in [5, 5.41) is 8.64. The third-order valence-corrected chi connectivity index (χ3v) is 11.6. The molecule has 0 rings (SSSR count). The highest BCUT2D eigenvalue weighted by atomic mass is 28.4. The van der Waals surface area contributed by atoms with Crippen molar-refractivity contribution in [2.24, 2.45) is 0 Å². The topological polar surface area (TPSA) is 65.0 Å². The van der Waals surface area contributed by atoms with Crippen LogP contribution in [-0.2, 0) is 18.1 Å². The normalized spacial score (nSPS) is 11.9. The largest absolute Gasteiger partial charge is 0.500 e. The quantitative estimate of drug-likeness (QED) is 0.0579. The van der Waals surface area contributed by atoms with Crippen LogP contribution in [0.5, 0.6) is 0 Å². The van der Waals surface area contributed by atoms with Crippen LogP contribution in [0.1, 0.15) is 193 Å². The molecular weight excluding hydrogens is 528 g/mol. The molecule has 0 aromatic carbocycles. The van der Waals surface area contributed by atoms with Gasteiger partial charge in [-0.2, -0.15) is 0 Å². The molecule has 0 spiro atoms. The van der Waals surface area contributed by atoms with Crippen molar-refractivity contribution in [2.45, 2.75) is 199 Å². The van der Waals surface area contributed by atoms with Crippen molar-refractivity contribution >= 4 is 14.8 Å². The molecule has 0 unspecified atom stereocenters. The number of unbranched alkanes of at least 4 members (excludes halogenated alkanes) is 28. The van der Waals surface area contributed by atoms with E-state index in [-0.39, 0.29) is 0 Å². The molecule has 0 amide bonds. The van der Waals surface area contributed by atoms with Crippen LogP contribution in [0.2, 0.25) is 6.04 Å². The fraction of sp³-hybridized carbons (Fsp3) is 0.971. The van der Waals surface area contributed by atoms with Gasteiger partial charge in [0.25, 0.3) is 0 Å². The highest BCUT2D eigenvalue weighted by Crippen LogP contribution is 2.19. The van der Waals surface area contributed by atoms with Crippen molar-refractivity contribution < 1.29 is 23.2 Å². The molecule has 0 fully saturated rings. The van der Waals surface area contributed by atoms with Gasteiger partial charge in [0.15, 0.2) is 0 Å². The summed E-state index contributed by atoms with van der Waals surface area (Å²) in [5.41, 5.74) is 0. The molecule has 0 saturated heterocycles. The Bertz CT molecular complexity index is 518. The van der Waals surface area contributed by atoms with Crippen LogP contribution in [0, 0.1) is 0 Å². The summed E-state index contributed by atoms with van der Waals surface area (Å²) in [4.78, 5) is 10.5. The Morgan fingerprint density at radius 2 is 0.585 bits per heavy atom. The molecule has 5 nitrogen and oxygen atoms in total. The number of carbonyl (C=O) groups is 1. The molecule has 0 aromatic heterocycles. The van der Waals surface area contributed by atoms with E-state index in [9.17, 15) is 4.79 Å². The van der Waals surface area contributed by atoms with Gasteiger partial charge in [0, 0.05) is 33.8 Å². The van der Waals surface area contributed by atoms with E-state index in [0.29, 0.717) is 6.42 Å². The summed E-state index contributed by atoms with van der Waals surface area (Å²) in [6, 6.07) is 0.932. The molecule has 0 aliphatic rings. The summed E-state index contributed by atoms with van der Waals surface area (Å²) in [6.45, 7) is 0. The van der Waals surface area contributed by atoms with E-state index in [1.165, 1.54) is 167 Å². The van der Waals surface area contributed by atoms with Crippen molar-refractivity contribution in [1.82, 2.24) is 0 Å². The van der Waals surface area contributed by atoms with E-state index in [2.05, 4.69) is 0 Å². The van der Waals surface area contributed by atoms with E-state index in [1.807, 2.05) is 0 Å². The standard InChI is InChI=1S/C35H72O5Si/c1-38-41(39-2,40-3)34-32-30-28-26-24-22-20-18-16-14-12-10-8-6-4-5-7-9-11-13-15-17-19-21-23-25-27-29-31-33-35(36)37/h4-34H2,1-3H3,(H,36,37). The highest BCUT2D eigenvalue weighted by Gasteiger charge is 2.36. The number of aliphatic carboxylic acids is 1. The average Bonchev–Trinajstić information content (AvgIpc) is 2.98.